The van der Waals surface area contributed by atoms with Crippen molar-refractivity contribution in [2.45, 2.75) is 43.3 Å². The molecule has 14 heteroatoms. The van der Waals surface area contributed by atoms with E-state index in [2.05, 4.69) is 22.7 Å². The highest BCUT2D eigenvalue weighted by Gasteiger charge is 2.45. The Morgan fingerprint density at radius 2 is 2.16 bits per heavy atom. The van der Waals surface area contributed by atoms with E-state index in [1.54, 1.807) is 0 Å². The second-order valence-corrected chi connectivity index (χ2v) is 8.22. The molecule has 5 atom stereocenters. The molecule has 0 aromatic carbocycles. The van der Waals surface area contributed by atoms with Crippen molar-refractivity contribution in [3.05, 3.63) is 12.2 Å². The molecular formula is C11H19N4O8PS. The molecule has 25 heavy (non-hydrogen) atoms. The zero-order valence-electron chi connectivity index (χ0n) is 13.3. The molecule has 5 unspecified atom stereocenters. The molecule has 5 N–H and O–H groups in total. The summed E-state index contributed by atoms with van der Waals surface area (Å²) >= 11 is 3.95. The number of hydrogen-bond donors (Lipinski definition) is 5. The topological polar surface area (TPSA) is 179 Å². The molecule has 2 heterocycles. The van der Waals surface area contributed by atoms with E-state index in [-0.39, 0.29) is 5.82 Å². The Morgan fingerprint density at radius 3 is 2.68 bits per heavy atom. The Bertz CT molecular complexity index is 679. The fourth-order valence-corrected chi connectivity index (χ4v) is 3.33. The largest absolute Gasteiger partial charge is 0.473 e. The number of thiol groups is 1. The Morgan fingerprint density at radius 1 is 1.52 bits per heavy atom. The van der Waals surface area contributed by atoms with E-state index in [4.69, 9.17) is 19.5 Å². The summed E-state index contributed by atoms with van der Waals surface area (Å²) in [5.74, 6) is -1.17. The van der Waals surface area contributed by atoms with Gasteiger partial charge in [-0.25, -0.2) is 14.2 Å². The lowest BCUT2D eigenvalue weighted by Crippen LogP contribution is -2.34. The minimum atomic E-state index is -4.46. The number of rotatable bonds is 7. The van der Waals surface area contributed by atoms with E-state index in [0.717, 1.165) is 11.0 Å². The molecule has 0 radical (unpaired) electrons. The number of aromatic nitrogens is 3. The van der Waals surface area contributed by atoms with E-state index < -0.39 is 49.8 Å². The van der Waals surface area contributed by atoms with E-state index in [9.17, 15) is 24.5 Å². The Balaban J connectivity index is 2.01. The third-order valence-electron chi connectivity index (χ3n) is 3.07. The lowest BCUT2D eigenvalue weighted by Gasteiger charge is -2.23. The predicted octanol–water partition coefficient (Wildman–Crippen LogP) is -1.20. The van der Waals surface area contributed by atoms with Gasteiger partial charge >= 0.3 is 7.82 Å². The molecule has 1 aromatic rings. The van der Waals surface area contributed by atoms with Crippen LogP contribution in [0.3, 0.4) is 0 Å². The first-order valence-electron chi connectivity index (χ1n) is 7.02. The molecule has 1 saturated heterocycles. The van der Waals surface area contributed by atoms with Crippen molar-refractivity contribution >= 4 is 26.4 Å². The SMILES string of the molecule is CC(C)(S)OP(=O)(O)OCC1OC(n2cnc(C(N)=O)n2)C(O)C1O. The van der Waals surface area contributed by atoms with Gasteiger partial charge in [-0.1, -0.05) is 0 Å². The van der Waals surface area contributed by atoms with Crippen LogP contribution in [0.15, 0.2) is 6.33 Å². The summed E-state index contributed by atoms with van der Waals surface area (Å²) in [5, 5.41) is 23.8. The zero-order valence-corrected chi connectivity index (χ0v) is 15.1. The average molecular weight is 398 g/mol. The average Bonchev–Trinajstić information content (AvgIpc) is 3.02. The van der Waals surface area contributed by atoms with Crippen molar-refractivity contribution in [2.24, 2.45) is 5.73 Å². The normalized spacial score (nSPS) is 29.5. The molecule has 1 aliphatic rings. The van der Waals surface area contributed by atoms with Gasteiger partial charge in [0, 0.05) is 0 Å². The number of nitrogens with zero attached hydrogens (tertiary/aromatic N) is 3. The first kappa shape index (κ1) is 20.3. The highest BCUT2D eigenvalue weighted by Crippen LogP contribution is 2.48. The van der Waals surface area contributed by atoms with Crippen molar-refractivity contribution in [1.82, 2.24) is 14.8 Å². The molecule has 142 valence electrons. The fourth-order valence-electron chi connectivity index (χ4n) is 2.07. The van der Waals surface area contributed by atoms with Crippen LogP contribution in [0.2, 0.25) is 0 Å². The second kappa shape index (κ2) is 7.29. The van der Waals surface area contributed by atoms with Crippen LogP contribution in [0.1, 0.15) is 30.7 Å². The maximum absolute atomic E-state index is 11.8. The maximum atomic E-state index is 11.8. The van der Waals surface area contributed by atoms with Crippen LogP contribution in [0, 0.1) is 0 Å². The Hall–Kier alpha value is -1.05. The molecule has 1 fully saturated rings. The van der Waals surface area contributed by atoms with Crippen molar-refractivity contribution < 1.29 is 38.3 Å². The van der Waals surface area contributed by atoms with E-state index >= 15 is 0 Å². The number of aliphatic hydroxyl groups is 2. The van der Waals surface area contributed by atoms with Crippen LogP contribution >= 0.6 is 20.5 Å². The molecule has 0 spiro atoms. The molecule has 1 amide bonds. The van der Waals surface area contributed by atoms with Crippen LogP contribution in [-0.4, -0.2) is 65.6 Å². The van der Waals surface area contributed by atoms with E-state index in [0.29, 0.717) is 0 Å². The molecular weight excluding hydrogens is 379 g/mol. The molecule has 1 aromatic heterocycles. The van der Waals surface area contributed by atoms with Crippen molar-refractivity contribution in [3.63, 3.8) is 0 Å². The second-order valence-electron chi connectivity index (χ2n) is 5.76. The van der Waals surface area contributed by atoms with Gasteiger partial charge in [-0.2, -0.15) is 0 Å². The number of carbonyl (C=O) groups excluding carboxylic acids is 1. The summed E-state index contributed by atoms with van der Waals surface area (Å²) in [4.78, 5) is 23.0. The number of nitrogens with two attached hydrogens (primary N) is 1. The summed E-state index contributed by atoms with van der Waals surface area (Å²) in [6, 6.07) is 0. The summed E-state index contributed by atoms with van der Waals surface area (Å²) < 4.78 is 27.7. The van der Waals surface area contributed by atoms with Gasteiger partial charge in [-0.15, -0.1) is 17.7 Å². The van der Waals surface area contributed by atoms with Crippen molar-refractivity contribution in [1.29, 1.82) is 0 Å². The minimum Gasteiger partial charge on any atom is -0.387 e. The Kier molecular flexibility index (Phi) is 5.91. The first-order valence-corrected chi connectivity index (χ1v) is 8.97. The number of ether oxygens (including phenoxy) is 1. The number of hydrogen-bond acceptors (Lipinski definition) is 10. The number of phosphoric ester groups is 1. The lowest BCUT2D eigenvalue weighted by molar-refractivity contribution is -0.0598. The van der Waals surface area contributed by atoms with Crippen LogP contribution in [0.25, 0.3) is 0 Å². The van der Waals surface area contributed by atoms with Gasteiger partial charge in [0.25, 0.3) is 5.91 Å². The third kappa shape index (κ3) is 5.21. The summed E-state index contributed by atoms with van der Waals surface area (Å²) in [6.45, 7) is 2.32. The first-order chi connectivity index (χ1) is 11.4. The minimum absolute atomic E-state index is 0.297. The van der Waals surface area contributed by atoms with Gasteiger partial charge in [0.1, 0.15) is 29.6 Å². The third-order valence-corrected chi connectivity index (χ3v) is 4.47. The number of carbonyl (C=O) groups is 1. The molecule has 0 saturated carbocycles. The number of phosphoric acid groups is 1. The monoisotopic (exact) mass is 398 g/mol. The van der Waals surface area contributed by atoms with Crippen LogP contribution in [0.5, 0.6) is 0 Å². The molecule has 2 rings (SSSR count). The highest BCUT2D eigenvalue weighted by atomic mass is 32.1. The van der Waals surface area contributed by atoms with Crippen molar-refractivity contribution in [3.8, 4) is 0 Å². The Labute approximate surface area is 147 Å². The van der Waals surface area contributed by atoms with Crippen molar-refractivity contribution in [2.75, 3.05) is 6.61 Å². The summed E-state index contributed by atoms with van der Waals surface area (Å²) in [7, 11) is -4.46. The van der Waals surface area contributed by atoms with E-state index in [1.807, 2.05) is 0 Å². The van der Waals surface area contributed by atoms with Gasteiger partial charge in [0.15, 0.2) is 6.23 Å². The standard InChI is InChI=1S/C11H19N4O8PS/c1-11(2,25)23-24(19,20)21-3-5-6(16)7(17)10(22-5)15-4-13-9(14-15)8(12)18/h4-7,10,16-17,25H,3H2,1-2H3,(H2,12,18)(H,19,20). The quantitative estimate of drug-likeness (QED) is 0.213. The lowest BCUT2D eigenvalue weighted by atomic mass is 10.1. The summed E-state index contributed by atoms with van der Waals surface area (Å²) in [6.07, 6.45) is -4.16. The molecule has 0 aliphatic carbocycles. The molecule has 0 bridgehead atoms. The van der Waals surface area contributed by atoms with Gasteiger partial charge in [0.05, 0.1) is 6.61 Å². The van der Waals surface area contributed by atoms with E-state index in [1.165, 1.54) is 13.8 Å². The fraction of sp³-hybridized carbons (Fsp3) is 0.727. The van der Waals surface area contributed by atoms with Gasteiger partial charge in [-0.05, 0) is 13.8 Å². The van der Waals surface area contributed by atoms with Crippen LogP contribution < -0.4 is 5.73 Å². The molecule has 12 nitrogen and oxygen atoms in total. The van der Waals surface area contributed by atoms with Crippen LogP contribution in [-0.2, 0) is 18.3 Å². The maximum Gasteiger partial charge on any atom is 0.473 e. The number of amides is 1. The van der Waals surface area contributed by atoms with Gasteiger partial charge < -0.3 is 25.6 Å². The molecule has 1 aliphatic heterocycles. The van der Waals surface area contributed by atoms with Crippen LogP contribution in [0.4, 0.5) is 0 Å². The number of primary amides is 1. The smallest absolute Gasteiger partial charge is 0.387 e. The van der Waals surface area contributed by atoms with Gasteiger partial charge in [0.2, 0.25) is 5.82 Å². The van der Waals surface area contributed by atoms with Gasteiger partial charge in [-0.3, -0.25) is 13.8 Å². The zero-order chi connectivity index (χ0) is 19.0. The highest BCUT2D eigenvalue weighted by molar-refractivity contribution is 7.81. The predicted molar refractivity (Wildman–Crippen MR) is 84.4 cm³/mol. The number of aliphatic hydroxyl groups excluding tert-OH is 2. The summed E-state index contributed by atoms with van der Waals surface area (Å²) in [5.41, 5.74) is 5.03.